The highest BCUT2D eigenvalue weighted by molar-refractivity contribution is 7.99. The number of hydrogen-bond acceptors (Lipinski definition) is 8. The number of carbonyl (C=O) groups excluding carboxylic acids is 2. The molecule has 0 saturated heterocycles. The average Bonchev–Trinajstić information content (AvgIpc) is 3.18. The smallest absolute Gasteiger partial charge is 0.284 e. The summed E-state index contributed by atoms with van der Waals surface area (Å²) in [7, 11) is 1.72. The van der Waals surface area contributed by atoms with Crippen LogP contribution in [-0.4, -0.2) is 44.7 Å². The first-order valence-electron chi connectivity index (χ1n) is 9.48. The molecule has 0 aliphatic carbocycles. The summed E-state index contributed by atoms with van der Waals surface area (Å²) in [6, 6.07) is 10.9. The molecule has 0 aliphatic heterocycles. The zero-order valence-corrected chi connectivity index (χ0v) is 18.1. The van der Waals surface area contributed by atoms with Gasteiger partial charge in [0.15, 0.2) is 5.16 Å². The minimum absolute atomic E-state index is 0.0629. The van der Waals surface area contributed by atoms with Crippen molar-refractivity contribution < 1.29 is 19.2 Å². The Hall–Kier alpha value is -3.93. The third-order valence-corrected chi connectivity index (χ3v) is 5.26. The van der Waals surface area contributed by atoms with Crippen molar-refractivity contribution in [2.75, 3.05) is 18.5 Å². The number of ether oxygens (including phenoxy) is 1. The first-order valence-corrected chi connectivity index (χ1v) is 10.3. The van der Waals surface area contributed by atoms with Gasteiger partial charge in [0.25, 0.3) is 11.6 Å². The van der Waals surface area contributed by atoms with E-state index in [0.29, 0.717) is 28.1 Å². The highest BCUT2D eigenvalue weighted by atomic mass is 32.2. The number of amides is 2. The molecule has 2 N–H and O–H groups in total. The normalized spacial score (nSPS) is 10.4. The summed E-state index contributed by atoms with van der Waals surface area (Å²) in [5, 5.41) is 24.7. The largest absolute Gasteiger partial charge is 0.494 e. The number of nitrogens with one attached hydrogen (secondary N) is 2. The molecule has 0 unspecified atom stereocenters. The lowest BCUT2D eigenvalue weighted by Crippen LogP contribution is -2.32. The molecule has 11 nitrogen and oxygen atoms in total. The number of aromatic nitrogens is 3. The highest BCUT2D eigenvalue weighted by Crippen LogP contribution is 2.34. The Morgan fingerprint density at radius 2 is 1.97 bits per heavy atom. The summed E-state index contributed by atoms with van der Waals surface area (Å²) in [5.74, 6) is -0.363. The van der Waals surface area contributed by atoms with Crippen molar-refractivity contribution in [1.82, 2.24) is 20.1 Å². The summed E-state index contributed by atoms with van der Waals surface area (Å²) in [6.07, 6.45) is 1.48. The molecule has 0 fully saturated rings. The molecule has 2 aromatic carbocycles. The molecule has 3 aromatic rings. The van der Waals surface area contributed by atoms with Gasteiger partial charge in [0.2, 0.25) is 5.91 Å². The molecule has 0 bridgehead atoms. The van der Waals surface area contributed by atoms with Crippen LogP contribution in [0, 0.1) is 10.1 Å². The Balaban J connectivity index is 1.61. The number of aryl methyl sites for hydroxylation is 1. The number of anilines is 1. The molecular formula is C20H20N6O5S. The third-order valence-electron chi connectivity index (χ3n) is 4.15. The van der Waals surface area contributed by atoms with Crippen molar-refractivity contribution in [3.8, 4) is 5.75 Å². The fourth-order valence-electron chi connectivity index (χ4n) is 2.62. The maximum Gasteiger partial charge on any atom is 0.284 e. The van der Waals surface area contributed by atoms with Gasteiger partial charge in [-0.3, -0.25) is 19.7 Å². The van der Waals surface area contributed by atoms with E-state index in [2.05, 4.69) is 20.8 Å². The number of benzene rings is 2. The fraction of sp³-hybridized carbons (Fsp3) is 0.200. The van der Waals surface area contributed by atoms with Gasteiger partial charge in [-0.15, -0.1) is 10.2 Å². The lowest BCUT2D eigenvalue weighted by atomic mass is 10.2. The minimum Gasteiger partial charge on any atom is -0.494 e. The van der Waals surface area contributed by atoms with E-state index in [1.165, 1.54) is 24.5 Å². The lowest BCUT2D eigenvalue weighted by molar-refractivity contribution is -0.387. The van der Waals surface area contributed by atoms with Crippen LogP contribution in [0.2, 0.25) is 0 Å². The van der Waals surface area contributed by atoms with Crippen molar-refractivity contribution in [1.29, 1.82) is 0 Å². The maximum absolute atomic E-state index is 12.4. The predicted octanol–water partition coefficient (Wildman–Crippen LogP) is 2.64. The number of hydrogen-bond donors (Lipinski definition) is 2. The second-order valence-corrected chi connectivity index (χ2v) is 7.46. The van der Waals surface area contributed by atoms with Gasteiger partial charge in [0.1, 0.15) is 12.1 Å². The van der Waals surface area contributed by atoms with Crippen LogP contribution in [0.3, 0.4) is 0 Å². The summed E-state index contributed by atoms with van der Waals surface area (Å²) in [6.45, 7) is 2.11. The number of nitrogens with zero attached hydrogens (tertiary/aromatic N) is 4. The van der Waals surface area contributed by atoms with Crippen molar-refractivity contribution >= 4 is 35.0 Å². The number of carbonyl (C=O) groups is 2. The molecule has 0 atom stereocenters. The highest BCUT2D eigenvalue weighted by Gasteiger charge is 2.20. The molecule has 2 amide bonds. The summed E-state index contributed by atoms with van der Waals surface area (Å²) in [5.41, 5.74) is 0.367. The van der Waals surface area contributed by atoms with Crippen LogP contribution in [0.4, 0.5) is 11.4 Å². The fourth-order valence-corrected chi connectivity index (χ4v) is 3.47. The van der Waals surface area contributed by atoms with E-state index in [9.17, 15) is 19.7 Å². The second kappa shape index (κ2) is 10.4. The molecule has 3 rings (SSSR count). The Kier molecular flexibility index (Phi) is 7.39. The minimum atomic E-state index is -0.606. The van der Waals surface area contributed by atoms with Crippen molar-refractivity contribution in [3.05, 3.63) is 64.5 Å². The third kappa shape index (κ3) is 5.82. The van der Waals surface area contributed by atoms with Gasteiger partial charge in [0.05, 0.1) is 23.0 Å². The molecule has 0 spiro atoms. The predicted molar refractivity (Wildman–Crippen MR) is 117 cm³/mol. The molecule has 0 aliphatic rings. The van der Waals surface area contributed by atoms with E-state index in [1.807, 2.05) is 6.92 Å². The van der Waals surface area contributed by atoms with Crippen LogP contribution in [0.25, 0.3) is 0 Å². The van der Waals surface area contributed by atoms with Crippen molar-refractivity contribution in [3.63, 3.8) is 0 Å². The van der Waals surface area contributed by atoms with Crippen LogP contribution in [-0.2, 0) is 11.8 Å². The lowest BCUT2D eigenvalue weighted by Gasteiger charge is -2.09. The van der Waals surface area contributed by atoms with Crippen LogP contribution >= 0.6 is 11.8 Å². The second-order valence-electron chi connectivity index (χ2n) is 6.45. The molecule has 32 heavy (non-hydrogen) atoms. The van der Waals surface area contributed by atoms with Gasteiger partial charge in [-0.2, -0.15) is 0 Å². The molecule has 1 heterocycles. The summed E-state index contributed by atoms with van der Waals surface area (Å²) >= 11 is 1.06. The number of rotatable bonds is 9. The van der Waals surface area contributed by atoms with Crippen molar-refractivity contribution in [2.24, 2.45) is 7.05 Å². The van der Waals surface area contributed by atoms with Crippen LogP contribution in [0.15, 0.2) is 58.8 Å². The van der Waals surface area contributed by atoms with Gasteiger partial charge >= 0.3 is 0 Å². The molecule has 0 radical (unpaired) electrons. The van der Waals surface area contributed by atoms with Crippen LogP contribution in [0.5, 0.6) is 5.75 Å². The molecule has 1 aromatic heterocycles. The SMILES string of the molecule is CCOc1ccc(NC(=O)CNC(=O)c2ccc(Sc3nncn3C)c([N+](=O)[O-])c2)cc1. The first kappa shape index (κ1) is 22.7. The van der Waals surface area contributed by atoms with Crippen LogP contribution < -0.4 is 15.4 Å². The molecular weight excluding hydrogens is 436 g/mol. The van der Waals surface area contributed by atoms with Gasteiger partial charge in [-0.05, 0) is 55.1 Å². The average molecular weight is 456 g/mol. The van der Waals surface area contributed by atoms with E-state index < -0.39 is 16.7 Å². The Morgan fingerprint density at radius 1 is 1.22 bits per heavy atom. The molecule has 0 saturated carbocycles. The van der Waals surface area contributed by atoms with Crippen LogP contribution in [0.1, 0.15) is 17.3 Å². The Morgan fingerprint density at radius 3 is 2.59 bits per heavy atom. The summed E-state index contributed by atoms with van der Waals surface area (Å²) in [4.78, 5) is 35.8. The van der Waals surface area contributed by atoms with E-state index in [1.54, 1.807) is 35.9 Å². The van der Waals surface area contributed by atoms with Gasteiger partial charge in [0, 0.05) is 24.4 Å². The number of nitro groups is 1. The zero-order chi connectivity index (χ0) is 23.1. The molecule has 12 heteroatoms. The van der Waals surface area contributed by atoms with Gasteiger partial charge in [-0.1, -0.05) is 0 Å². The first-order chi connectivity index (χ1) is 15.4. The number of nitro benzene ring substituents is 1. The van der Waals surface area contributed by atoms with Gasteiger partial charge < -0.3 is 19.9 Å². The summed E-state index contributed by atoms with van der Waals surface area (Å²) < 4.78 is 6.96. The van der Waals surface area contributed by atoms with E-state index in [0.717, 1.165) is 11.8 Å². The van der Waals surface area contributed by atoms with E-state index in [4.69, 9.17) is 4.74 Å². The van der Waals surface area contributed by atoms with E-state index in [-0.39, 0.29) is 17.8 Å². The quantitative estimate of drug-likeness (QED) is 0.370. The monoisotopic (exact) mass is 456 g/mol. The standard InChI is InChI=1S/C20H20N6O5S/c1-3-31-15-7-5-14(6-8-15)23-18(27)11-21-19(28)13-4-9-17(16(10-13)26(29)30)32-20-24-22-12-25(20)2/h4-10,12H,3,11H2,1-2H3,(H,21,28)(H,23,27). The van der Waals surface area contributed by atoms with Gasteiger partial charge in [-0.25, -0.2) is 0 Å². The zero-order valence-electron chi connectivity index (χ0n) is 17.3. The maximum atomic E-state index is 12.4. The van der Waals surface area contributed by atoms with E-state index >= 15 is 0 Å². The molecule has 166 valence electrons. The Bertz CT molecular complexity index is 1130. The Labute approximate surface area is 187 Å². The van der Waals surface area contributed by atoms with Crippen molar-refractivity contribution in [2.45, 2.75) is 17.0 Å². The topological polar surface area (TPSA) is 141 Å².